The molecule has 152 valence electrons. The smallest absolute Gasteiger partial charge is 0.122 e. The molecule has 1 aliphatic heterocycles. The number of hydrogen-bond acceptors (Lipinski definition) is 4. The predicted molar refractivity (Wildman–Crippen MR) is 112 cm³/mol. The molecule has 1 atom stereocenters. The summed E-state index contributed by atoms with van der Waals surface area (Å²) < 4.78 is 11.0. The molecule has 3 rings (SSSR count). The fraction of sp³-hybridized carbons (Fsp3) is 0.625. The predicted octanol–water partition coefficient (Wildman–Crippen LogP) is 4.83. The minimum Gasteiger partial charge on any atom is -0.500 e. The molecular formula is C24H34N2O2. The van der Waals surface area contributed by atoms with E-state index in [1.807, 2.05) is 0 Å². The lowest BCUT2D eigenvalue weighted by Gasteiger charge is -2.40. The first-order valence-corrected chi connectivity index (χ1v) is 10.6. The summed E-state index contributed by atoms with van der Waals surface area (Å²) in [6.07, 6.45) is 8.04. The van der Waals surface area contributed by atoms with E-state index < -0.39 is 5.41 Å². The largest absolute Gasteiger partial charge is 0.500 e. The number of piperidine rings is 1. The Labute approximate surface area is 170 Å². The van der Waals surface area contributed by atoms with Crippen molar-refractivity contribution in [3.05, 3.63) is 41.7 Å². The van der Waals surface area contributed by atoms with E-state index in [4.69, 9.17) is 9.47 Å². The quantitative estimate of drug-likeness (QED) is 0.634. The number of ether oxygens (including phenoxy) is 2. The maximum atomic E-state index is 10.1. The van der Waals surface area contributed by atoms with Crippen LogP contribution in [0.25, 0.3) is 0 Å². The fourth-order valence-electron chi connectivity index (χ4n) is 4.89. The molecule has 4 heteroatoms. The molecule has 1 unspecified atom stereocenters. The SMILES string of the molecule is C=C(OC)C(C)N1CCC(C#N)(c2ccc(OC)c(CC3CCCC3)c2)CC1. The van der Waals surface area contributed by atoms with Crippen molar-refractivity contribution < 1.29 is 9.47 Å². The maximum absolute atomic E-state index is 10.1. The summed E-state index contributed by atoms with van der Waals surface area (Å²) in [5.41, 5.74) is 2.01. The molecule has 28 heavy (non-hydrogen) atoms. The third kappa shape index (κ3) is 4.20. The van der Waals surface area contributed by atoms with Gasteiger partial charge in [0.1, 0.15) is 11.5 Å². The standard InChI is InChI=1S/C24H34N2O2/c1-18(19(2)27-3)26-13-11-24(17-25,12-14-26)22-9-10-23(28-4)21(16-22)15-20-7-5-6-8-20/h9-10,16,18,20H,2,5-8,11-15H2,1,3-4H3. The second-order valence-electron chi connectivity index (χ2n) is 8.46. The van der Waals surface area contributed by atoms with Gasteiger partial charge in [-0.1, -0.05) is 44.4 Å². The highest BCUT2D eigenvalue weighted by molar-refractivity contribution is 5.43. The van der Waals surface area contributed by atoms with E-state index >= 15 is 0 Å². The van der Waals surface area contributed by atoms with Gasteiger partial charge < -0.3 is 9.47 Å². The Morgan fingerprint density at radius 2 is 1.96 bits per heavy atom. The van der Waals surface area contributed by atoms with Crippen molar-refractivity contribution in [1.29, 1.82) is 5.26 Å². The van der Waals surface area contributed by atoms with E-state index in [0.717, 1.165) is 55.3 Å². The Bertz CT molecular complexity index is 723. The molecule has 1 saturated heterocycles. The van der Waals surface area contributed by atoms with Crippen LogP contribution >= 0.6 is 0 Å². The van der Waals surface area contributed by atoms with E-state index in [1.165, 1.54) is 31.2 Å². The van der Waals surface area contributed by atoms with E-state index in [-0.39, 0.29) is 6.04 Å². The second-order valence-corrected chi connectivity index (χ2v) is 8.46. The molecule has 1 heterocycles. The normalized spacial score (nSPS) is 21.1. The average molecular weight is 383 g/mol. The Balaban J connectivity index is 1.79. The molecule has 1 aliphatic carbocycles. The van der Waals surface area contributed by atoms with Gasteiger partial charge in [0.25, 0.3) is 0 Å². The van der Waals surface area contributed by atoms with Crippen LogP contribution in [0.3, 0.4) is 0 Å². The van der Waals surface area contributed by atoms with Crippen LogP contribution in [0.1, 0.15) is 56.6 Å². The van der Waals surface area contributed by atoms with Gasteiger partial charge in [0.05, 0.1) is 31.7 Å². The molecular weight excluding hydrogens is 348 g/mol. The van der Waals surface area contributed by atoms with Crippen LogP contribution in [0.4, 0.5) is 0 Å². The van der Waals surface area contributed by atoms with Gasteiger partial charge in [-0.15, -0.1) is 0 Å². The van der Waals surface area contributed by atoms with Gasteiger partial charge in [-0.2, -0.15) is 5.26 Å². The number of methoxy groups -OCH3 is 2. The summed E-state index contributed by atoms with van der Waals surface area (Å²) in [5, 5.41) is 10.1. The number of nitrogens with zero attached hydrogens (tertiary/aromatic N) is 2. The van der Waals surface area contributed by atoms with Crippen LogP contribution in [0.2, 0.25) is 0 Å². The molecule has 0 radical (unpaired) electrons. The molecule has 1 aromatic carbocycles. The van der Waals surface area contributed by atoms with Crippen molar-refractivity contribution in [2.75, 3.05) is 27.3 Å². The zero-order valence-corrected chi connectivity index (χ0v) is 17.7. The molecule has 1 aromatic rings. The van der Waals surface area contributed by atoms with Crippen molar-refractivity contribution in [3.8, 4) is 11.8 Å². The van der Waals surface area contributed by atoms with Gasteiger partial charge in [0, 0.05) is 13.1 Å². The van der Waals surface area contributed by atoms with Crippen LogP contribution in [0, 0.1) is 17.2 Å². The Kier molecular flexibility index (Phi) is 6.67. The number of nitriles is 1. The van der Waals surface area contributed by atoms with Gasteiger partial charge in [-0.05, 0) is 49.3 Å². The summed E-state index contributed by atoms with van der Waals surface area (Å²) in [6, 6.07) is 9.28. The summed E-state index contributed by atoms with van der Waals surface area (Å²) >= 11 is 0. The van der Waals surface area contributed by atoms with Crippen molar-refractivity contribution in [1.82, 2.24) is 4.90 Å². The molecule has 0 aromatic heterocycles. The van der Waals surface area contributed by atoms with E-state index in [2.05, 4.69) is 42.7 Å². The molecule has 0 amide bonds. The minimum atomic E-state index is -0.415. The lowest BCUT2D eigenvalue weighted by Crippen LogP contribution is -2.46. The van der Waals surface area contributed by atoms with Crippen LogP contribution < -0.4 is 4.74 Å². The first-order chi connectivity index (χ1) is 13.5. The Morgan fingerprint density at radius 3 is 2.54 bits per heavy atom. The molecule has 1 saturated carbocycles. The first-order valence-electron chi connectivity index (χ1n) is 10.6. The van der Waals surface area contributed by atoms with Gasteiger partial charge in [0.2, 0.25) is 0 Å². The highest BCUT2D eigenvalue weighted by Crippen LogP contribution is 2.39. The first kappa shape index (κ1) is 20.7. The summed E-state index contributed by atoms with van der Waals surface area (Å²) in [6.45, 7) is 7.88. The highest BCUT2D eigenvalue weighted by Gasteiger charge is 2.38. The Hall–Kier alpha value is -1.99. The van der Waals surface area contributed by atoms with E-state index in [1.54, 1.807) is 14.2 Å². The van der Waals surface area contributed by atoms with E-state index in [9.17, 15) is 5.26 Å². The van der Waals surface area contributed by atoms with Gasteiger partial charge in [-0.25, -0.2) is 0 Å². The van der Waals surface area contributed by atoms with Crippen molar-refractivity contribution in [3.63, 3.8) is 0 Å². The third-order valence-corrected chi connectivity index (χ3v) is 6.96. The molecule has 0 spiro atoms. The topological polar surface area (TPSA) is 45.5 Å². The van der Waals surface area contributed by atoms with Crippen molar-refractivity contribution in [2.45, 2.75) is 63.3 Å². The lowest BCUT2D eigenvalue weighted by molar-refractivity contribution is 0.120. The second kappa shape index (κ2) is 9.01. The maximum Gasteiger partial charge on any atom is 0.122 e. The Morgan fingerprint density at radius 1 is 1.29 bits per heavy atom. The van der Waals surface area contributed by atoms with E-state index in [0.29, 0.717) is 0 Å². The van der Waals surface area contributed by atoms with Crippen molar-refractivity contribution in [2.24, 2.45) is 5.92 Å². The number of likely N-dealkylation sites (tertiary alicyclic amines) is 1. The zero-order chi connectivity index (χ0) is 20.1. The van der Waals surface area contributed by atoms with Crippen LogP contribution in [-0.2, 0) is 16.6 Å². The number of hydrogen-bond donors (Lipinski definition) is 0. The highest BCUT2D eigenvalue weighted by atomic mass is 16.5. The number of rotatable bonds is 7. The van der Waals surface area contributed by atoms with Crippen LogP contribution in [-0.4, -0.2) is 38.3 Å². The molecule has 0 N–H and O–H groups in total. The zero-order valence-electron chi connectivity index (χ0n) is 17.7. The monoisotopic (exact) mass is 382 g/mol. The summed E-state index contributed by atoms with van der Waals surface area (Å²) in [5.74, 6) is 2.50. The molecule has 4 nitrogen and oxygen atoms in total. The molecule has 0 bridgehead atoms. The number of benzene rings is 1. The third-order valence-electron chi connectivity index (χ3n) is 6.96. The summed E-state index contributed by atoms with van der Waals surface area (Å²) in [4.78, 5) is 2.37. The average Bonchev–Trinajstić information content (AvgIpc) is 3.25. The minimum absolute atomic E-state index is 0.176. The van der Waals surface area contributed by atoms with Gasteiger partial charge >= 0.3 is 0 Å². The van der Waals surface area contributed by atoms with Gasteiger partial charge in [0.15, 0.2) is 0 Å². The van der Waals surface area contributed by atoms with Crippen LogP contribution in [0.15, 0.2) is 30.5 Å². The lowest BCUT2D eigenvalue weighted by atomic mass is 9.73. The summed E-state index contributed by atoms with van der Waals surface area (Å²) in [7, 11) is 3.42. The van der Waals surface area contributed by atoms with Crippen LogP contribution in [0.5, 0.6) is 5.75 Å². The molecule has 2 aliphatic rings. The fourth-order valence-corrected chi connectivity index (χ4v) is 4.89. The van der Waals surface area contributed by atoms with Crippen molar-refractivity contribution >= 4 is 0 Å². The van der Waals surface area contributed by atoms with Gasteiger partial charge in [-0.3, -0.25) is 4.90 Å². The molecule has 2 fully saturated rings.